The quantitative estimate of drug-likeness (QED) is 0.263. The summed E-state index contributed by atoms with van der Waals surface area (Å²) in [6.45, 7) is 5.86. The van der Waals surface area contributed by atoms with E-state index in [-0.39, 0.29) is 24.4 Å². The Balaban J connectivity index is 2.07. The standard InChI is InChI=1S/C24H29Cl3N2O2S/c1-4-16(2)28-24(31)17(3)29(15-20-21(26)7-5-8-22(20)27)23(30)9-6-14-32-19-12-10-18(25)11-13-19/h5,7-8,10-13,16-17H,4,6,9,14-15H2,1-3H3,(H,28,31)/t16-,17-/m1/s1. The molecule has 0 fully saturated rings. The average molecular weight is 516 g/mol. The summed E-state index contributed by atoms with van der Waals surface area (Å²) in [7, 11) is 0. The average Bonchev–Trinajstić information content (AvgIpc) is 2.77. The van der Waals surface area contributed by atoms with Gasteiger partial charge in [0, 0.05) is 44.5 Å². The second kappa shape index (κ2) is 13.3. The van der Waals surface area contributed by atoms with Crippen LogP contribution < -0.4 is 5.32 Å². The van der Waals surface area contributed by atoms with E-state index < -0.39 is 6.04 Å². The molecule has 0 radical (unpaired) electrons. The molecule has 0 bridgehead atoms. The van der Waals surface area contributed by atoms with Gasteiger partial charge in [0.15, 0.2) is 0 Å². The maximum Gasteiger partial charge on any atom is 0.242 e. The Bertz CT molecular complexity index is 888. The molecule has 0 saturated heterocycles. The van der Waals surface area contributed by atoms with Crippen molar-refractivity contribution in [1.82, 2.24) is 10.2 Å². The molecule has 0 saturated carbocycles. The lowest BCUT2D eigenvalue weighted by Crippen LogP contribution is -2.49. The van der Waals surface area contributed by atoms with E-state index in [0.717, 1.165) is 17.1 Å². The molecular weight excluding hydrogens is 487 g/mol. The fourth-order valence-corrected chi connectivity index (χ4v) is 4.49. The summed E-state index contributed by atoms with van der Waals surface area (Å²) in [6.07, 6.45) is 1.81. The first-order chi connectivity index (χ1) is 15.2. The SMILES string of the molecule is CC[C@@H](C)NC(=O)[C@@H](C)N(Cc1c(Cl)cccc1Cl)C(=O)CCCSc1ccc(Cl)cc1. The van der Waals surface area contributed by atoms with Crippen LogP contribution in [0.5, 0.6) is 0 Å². The molecule has 0 heterocycles. The van der Waals surface area contributed by atoms with Crippen molar-refractivity contribution in [2.24, 2.45) is 0 Å². The van der Waals surface area contributed by atoms with Crippen LogP contribution in [0.4, 0.5) is 0 Å². The fourth-order valence-electron chi connectivity index (χ4n) is 2.99. The van der Waals surface area contributed by atoms with Gasteiger partial charge in [-0.1, -0.05) is 47.8 Å². The van der Waals surface area contributed by atoms with Crippen LogP contribution in [0.15, 0.2) is 47.4 Å². The fraction of sp³-hybridized carbons (Fsp3) is 0.417. The Morgan fingerprint density at radius 3 is 2.25 bits per heavy atom. The van der Waals surface area contributed by atoms with Crippen molar-refractivity contribution < 1.29 is 9.59 Å². The van der Waals surface area contributed by atoms with E-state index in [2.05, 4.69) is 5.32 Å². The summed E-state index contributed by atoms with van der Waals surface area (Å²) in [5, 5.41) is 4.61. The minimum absolute atomic E-state index is 0.0292. The number of hydrogen-bond acceptors (Lipinski definition) is 3. The molecule has 2 rings (SSSR count). The zero-order valence-corrected chi connectivity index (χ0v) is 21.6. The Hall–Kier alpha value is -1.40. The zero-order chi connectivity index (χ0) is 23.7. The van der Waals surface area contributed by atoms with Crippen molar-refractivity contribution in [3.63, 3.8) is 0 Å². The van der Waals surface area contributed by atoms with Crippen molar-refractivity contribution in [1.29, 1.82) is 0 Å². The van der Waals surface area contributed by atoms with Gasteiger partial charge in [-0.05, 0) is 68.8 Å². The van der Waals surface area contributed by atoms with Crippen LogP contribution in [0, 0.1) is 0 Å². The lowest BCUT2D eigenvalue weighted by molar-refractivity contribution is -0.140. The highest BCUT2D eigenvalue weighted by Gasteiger charge is 2.27. The number of amides is 2. The summed E-state index contributed by atoms with van der Waals surface area (Å²) < 4.78 is 0. The maximum absolute atomic E-state index is 13.2. The molecule has 2 amide bonds. The lowest BCUT2D eigenvalue weighted by Gasteiger charge is -2.30. The van der Waals surface area contributed by atoms with E-state index in [4.69, 9.17) is 34.8 Å². The van der Waals surface area contributed by atoms with Crippen LogP contribution in [0.25, 0.3) is 0 Å². The van der Waals surface area contributed by atoms with E-state index in [9.17, 15) is 9.59 Å². The molecule has 174 valence electrons. The monoisotopic (exact) mass is 514 g/mol. The number of nitrogens with zero attached hydrogens (tertiary/aromatic N) is 1. The maximum atomic E-state index is 13.2. The van der Waals surface area contributed by atoms with Crippen molar-refractivity contribution in [3.8, 4) is 0 Å². The first-order valence-electron chi connectivity index (χ1n) is 10.6. The van der Waals surface area contributed by atoms with Crippen LogP contribution in [0.1, 0.15) is 45.6 Å². The van der Waals surface area contributed by atoms with Crippen LogP contribution in [-0.2, 0) is 16.1 Å². The predicted molar refractivity (Wildman–Crippen MR) is 136 cm³/mol. The van der Waals surface area contributed by atoms with Crippen molar-refractivity contribution in [3.05, 3.63) is 63.1 Å². The van der Waals surface area contributed by atoms with Crippen LogP contribution >= 0.6 is 46.6 Å². The number of thioether (sulfide) groups is 1. The molecule has 0 unspecified atom stereocenters. The van der Waals surface area contributed by atoms with E-state index in [1.54, 1.807) is 41.8 Å². The van der Waals surface area contributed by atoms with E-state index >= 15 is 0 Å². The normalized spacial score (nSPS) is 12.8. The van der Waals surface area contributed by atoms with Crippen molar-refractivity contribution in [2.45, 2.75) is 63.6 Å². The minimum atomic E-state index is -0.646. The Kier molecular flexibility index (Phi) is 11.2. The molecule has 0 aromatic heterocycles. The van der Waals surface area contributed by atoms with Crippen LogP contribution in [0.3, 0.4) is 0 Å². The molecule has 8 heteroatoms. The second-order valence-corrected chi connectivity index (χ2v) is 10.0. The highest BCUT2D eigenvalue weighted by Crippen LogP contribution is 2.27. The molecule has 32 heavy (non-hydrogen) atoms. The third kappa shape index (κ3) is 8.18. The van der Waals surface area contributed by atoms with Gasteiger partial charge >= 0.3 is 0 Å². The Morgan fingerprint density at radius 2 is 1.66 bits per heavy atom. The molecular formula is C24H29Cl3N2O2S. The number of hydrogen-bond donors (Lipinski definition) is 1. The van der Waals surface area contributed by atoms with Gasteiger partial charge in [0.1, 0.15) is 6.04 Å². The van der Waals surface area contributed by atoms with Crippen molar-refractivity contribution in [2.75, 3.05) is 5.75 Å². The number of benzene rings is 2. The Labute approximate surface area is 210 Å². The molecule has 2 aromatic carbocycles. The summed E-state index contributed by atoms with van der Waals surface area (Å²) >= 11 is 20.3. The number of carbonyl (C=O) groups excluding carboxylic acids is 2. The molecule has 4 nitrogen and oxygen atoms in total. The third-order valence-corrected chi connectivity index (χ3v) is 7.23. The van der Waals surface area contributed by atoms with Gasteiger partial charge in [0.2, 0.25) is 11.8 Å². The Morgan fingerprint density at radius 1 is 1.03 bits per heavy atom. The van der Waals surface area contributed by atoms with Crippen molar-refractivity contribution >= 4 is 58.4 Å². The van der Waals surface area contributed by atoms with Gasteiger partial charge in [-0.25, -0.2) is 0 Å². The van der Waals surface area contributed by atoms with E-state index in [1.165, 1.54) is 0 Å². The van der Waals surface area contributed by atoms with E-state index in [1.807, 2.05) is 38.1 Å². The van der Waals surface area contributed by atoms with Gasteiger partial charge in [-0.2, -0.15) is 0 Å². The van der Waals surface area contributed by atoms with E-state index in [0.29, 0.717) is 33.5 Å². The number of halogens is 3. The molecule has 0 spiro atoms. The van der Waals surface area contributed by atoms with Crippen LogP contribution in [-0.4, -0.2) is 34.6 Å². The summed E-state index contributed by atoms with van der Waals surface area (Å²) in [6, 6.07) is 12.2. The summed E-state index contributed by atoms with van der Waals surface area (Å²) in [5.74, 6) is 0.484. The topological polar surface area (TPSA) is 49.4 Å². The zero-order valence-electron chi connectivity index (χ0n) is 18.5. The molecule has 0 aliphatic carbocycles. The van der Waals surface area contributed by atoms with Gasteiger partial charge in [0.05, 0.1) is 0 Å². The molecule has 2 atom stereocenters. The predicted octanol–water partition coefficient (Wildman–Crippen LogP) is 6.85. The number of carbonyl (C=O) groups is 2. The van der Waals surface area contributed by atoms with Crippen LogP contribution in [0.2, 0.25) is 15.1 Å². The minimum Gasteiger partial charge on any atom is -0.352 e. The number of nitrogens with one attached hydrogen (secondary N) is 1. The van der Waals surface area contributed by atoms with Gasteiger partial charge in [0.25, 0.3) is 0 Å². The summed E-state index contributed by atoms with van der Waals surface area (Å²) in [4.78, 5) is 28.6. The highest BCUT2D eigenvalue weighted by molar-refractivity contribution is 7.99. The lowest BCUT2D eigenvalue weighted by atomic mass is 10.1. The van der Waals surface area contributed by atoms with Gasteiger partial charge < -0.3 is 10.2 Å². The molecule has 0 aliphatic rings. The molecule has 2 aromatic rings. The third-order valence-electron chi connectivity index (χ3n) is 5.18. The second-order valence-electron chi connectivity index (χ2n) is 7.62. The van der Waals surface area contributed by atoms with Gasteiger partial charge in [-0.3, -0.25) is 9.59 Å². The molecule has 1 N–H and O–H groups in total. The smallest absolute Gasteiger partial charge is 0.242 e. The summed E-state index contributed by atoms with van der Waals surface area (Å²) in [5.41, 5.74) is 0.642. The largest absolute Gasteiger partial charge is 0.352 e. The van der Waals surface area contributed by atoms with Gasteiger partial charge in [-0.15, -0.1) is 11.8 Å². The first-order valence-corrected chi connectivity index (χ1v) is 12.8. The first kappa shape index (κ1) is 26.8. The number of rotatable bonds is 11. The molecule has 0 aliphatic heterocycles. The highest BCUT2D eigenvalue weighted by atomic mass is 35.5.